The zero-order chi connectivity index (χ0) is 13.1. The molecule has 1 amide bonds. The summed E-state index contributed by atoms with van der Waals surface area (Å²) in [7, 11) is 0. The molecule has 2 nitrogen and oxygen atoms in total. The van der Waals surface area contributed by atoms with Crippen molar-refractivity contribution in [3.8, 4) is 12.3 Å². The lowest BCUT2D eigenvalue weighted by atomic mass is 10.2. The van der Waals surface area contributed by atoms with Crippen LogP contribution in [0.5, 0.6) is 0 Å². The van der Waals surface area contributed by atoms with Crippen molar-refractivity contribution < 1.29 is 9.18 Å². The lowest BCUT2D eigenvalue weighted by Crippen LogP contribution is -2.31. The normalized spacial score (nSPS) is 12.1. The van der Waals surface area contributed by atoms with Gasteiger partial charge >= 0.3 is 0 Å². The van der Waals surface area contributed by atoms with E-state index in [1.807, 2.05) is 6.92 Å². The molecule has 1 aromatic heterocycles. The van der Waals surface area contributed by atoms with Crippen LogP contribution in [0.3, 0.4) is 0 Å². The maximum Gasteiger partial charge on any atom is 0.261 e. The molecule has 0 aliphatic rings. The van der Waals surface area contributed by atoms with Gasteiger partial charge in [-0.2, -0.15) is 0 Å². The highest BCUT2D eigenvalue weighted by Crippen LogP contribution is 2.26. The van der Waals surface area contributed by atoms with Crippen molar-refractivity contribution in [2.75, 3.05) is 0 Å². The minimum atomic E-state index is -0.294. The summed E-state index contributed by atoms with van der Waals surface area (Å²) in [5.41, 5.74) is 0. The van der Waals surface area contributed by atoms with E-state index in [0.29, 0.717) is 11.3 Å². The van der Waals surface area contributed by atoms with E-state index < -0.39 is 0 Å². The van der Waals surface area contributed by atoms with Crippen LogP contribution in [0.15, 0.2) is 24.3 Å². The number of rotatable bonds is 3. The van der Waals surface area contributed by atoms with Gasteiger partial charge in [-0.05, 0) is 30.5 Å². The van der Waals surface area contributed by atoms with E-state index in [9.17, 15) is 9.18 Å². The highest BCUT2D eigenvalue weighted by molar-refractivity contribution is 7.20. The van der Waals surface area contributed by atoms with Gasteiger partial charge in [0, 0.05) is 17.2 Å². The van der Waals surface area contributed by atoms with Crippen molar-refractivity contribution in [2.24, 2.45) is 0 Å². The first-order chi connectivity index (χ1) is 8.60. The van der Waals surface area contributed by atoms with Crippen LogP contribution >= 0.6 is 11.3 Å². The minimum absolute atomic E-state index is 0.0653. The zero-order valence-electron chi connectivity index (χ0n) is 9.87. The molecule has 2 rings (SSSR count). The summed E-state index contributed by atoms with van der Waals surface area (Å²) in [5.74, 6) is 2.04. The lowest BCUT2D eigenvalue weighted by Gasteiger charge is -2.09. The van der Waals surface area contributed by atoms with Gasteiger partial charge in [-0.3, -0.25) is 4.79 Å². The number of benzene rings is 1. The second kappa shape index (κ2) is 5.19. The van der Waals surface area contributed by atoms with Gasteiger partial charge in [0.1, 0.15) is 5.82 Å². The van der Waals surface area contributed by atoms with E-state index in [-0.39, 0.29) is 17.8 Å². The molecule has 0 saturated carbocycles. The summed E-state index contributed by atoms with van der Waals surface area (Å²) >= 11 is 1.28. The van der Waals surface area contributed by atoms with Crippen molar-refractivity contribution in [2.45, 2.75) is 19.4 Å². The standard InChI is InChI=1S/C14H12FNOS/c1-3-4-9(2)16-14(17)13-7-10-5-6-11(15)8-12(10)18-13/h1,5-9H,4H2,2H3,(H,16,17). The van der Waals surface area contributed by atoms with E-state index >= 15 is 0 Å². The number of hydrogen-bond donors (Lipinski definition) is 1. The lowest BCUT2D eigenvalue weighted by molar-refractivity contribution is 0.0945. The molecule has 0 spiro atoms. The van der Waals surface area contributed by atoms with Gasteiger partial charge in [0.15, 0.2) is 0 Å². The number of halogens is 1. The molecule has 1 atom stereocenters. The Morgan fingerprint density at radius 1 is 1.56 bits per heavy atom. The van der Waals surface area contributed by atoms with Crippen molar-refractivity contribution in [3.63, 3.8) is 0 Å². The number of terminal acetylenes is 1. The van der Waals surface area contributed by atoms with E-state index in [2.05, 4.69) is 11.2 Å². The van der Waals surface area contributed by atoms with Gasteiger partial charge in [0.05, 0.1) is 4.88 Å². The first-order valence-corrected chi connectivity index (χ1v) is 6.35. The molecule has 1 heterocycles. The molecule has 0 bridgehead atoms. The SMILES string of the molecule is C#CCC(C)NC(=O)c1cc2ccc(F)cc2s1. The third-order valence-corrected chi connectivity index (χ3v) is 3.60. The Bertz CT molecular complexity index is 626. The van der Waals surface area contributed by atoms with Crippen LogP contribution in [0.2, 0.25) is 0 Å². The molecule has 0 aliphatic carbocycles. The molecule has 4 heteroatoms. The van der Waals surface area contributed by atoms with E-state index in [0.717, 1.165) is 10.1 Å². The monoisotopic (exact) mass is 261 g/mol. The first kappa shape index (κ1) is 12.6. The second-order valence-electron chi connectivity index (χ2n) is 4.08. The Morgan fingerprint density at radius 3 is 3.06 bits per heavy atom. The highest BCUT2D eigenvalue weighted by Gasteiger charge is 2.12. The molecule has 0 aliphatic heterocycles. The first-order valence-electron chi connectivity index (χ1n) is 5.53. The number of carbonyl (C=O) groups is 1. The molecule has 92 valence electrons. The third-order valence-electron chi connectivity index (χ3n) is 2.51. The summed E-state index contributed by atoms with van der Waals surface area (Å²) in [5, 5.41) is 3.68. The van der Waals surface area contributed by atoms with Crippen molar-refractivity contribution in [1.82, 2.24) is 5.32 Å². The van der Waals surface area contributed by atoms with Crippen LogP contribution in [0.1, 0.15) is 23.0 Å². The maximum atomic E-state index is 13.0. The highest BCUT2D eigenvalue weighted by atomic mass is 32.1. The fraction of sp³-hybridized carbons (Fsp3) is 0.214. The molecule has 1 unspecified atom stereocenters. The number of hydrogen-bond acceptors (Lipinski definition) is 2. The molecule has 0 fully saturated rings. The van der Waals surface area contributed by atoms with Crippen molar-refractivity contribution in [1.29, 1.82) is 0 Å². The Labute approximate surface area is 109 Å². The van der Waals surface area contributed by atoms with Crippen LogP contribution in [0.4, 0.5) is 4.39 Å². The quantitative estimate of drug-likeness (QED) is 0.845. The van der Waals surface area contributed by atoms with Crippen LogP contribution in [0, 0.1) is 18.2 Å². The second-order valence-corrected chi connectivity index (χ2v) is 5.16. The van der Waals surface area contributed by atoms with Crippen molar-refractivity contribution in [3.05, 3.63) is 35.0 Å². The van der Waals surface area contributed by atoms with Gasteiger partial charge in [-0.15, -0.1) is 23.7 Å². The summed E-state index contributed by atoms with van der Waals surface area (Å²) in [6, 6.07) is 6.18. The van der Waals surface area contributed by atoms with Crippen LogP contribution < -0.4 is 5.32 Å². The summed E-state index contributed by atoms with van der Waals surface area (Å²) in [4.78, 5) is 12.5. The van der Waals surface area contributed by atoms with E-state index in [4.69, 9.17) is 6.42 Å². The summed E-state index contributed by atoms with van der Waals surface area (Å²) < 4.78 is 13.8. The molecule has 0 saturated heterocycles. The predicted octanol–water partition coefficient (Wildman–Crippen LogP) is 3.18. The summed E-state index contributed by atoms with van der Waals surface area (Å²) in [6.45, 7) is 1.85. The number of nitrogens with one attached hydrogen (secondary N) is 1. The topological polar surface area (TPSA) is 29.1 Å². The Hall–Kier alpha value is -1.86. The fourth-order valence-electron chi connectivity index (χ4n) is 1.64. The number of amides is 1. The smallest absolute Gasteiger partial charge is 0.261 e. The van der Waals surface area contributed by atoms with Gasteiger partial charge in [0.2, 0.25) is 0 Å². The fourth-order valence-corrected chi connectivity index (χ4v) is 2.63. The van der Waals surface area contributed by atoms with Crippen molar-refractivity contribution >= 4 is 27.3 Å². The number of carbonyl (C=O) groups excluding carboxylic acids is 1. The Kier molecular flexibility index (Phi) is 3.63. The average molecular weight is 261 g/mol. The maximum absolute atomic E-state index is 13.0. The van der Waals surface area contributed by atoms with Crippen LogP contribution in [-0.2, 0) is 0 Å². The predicted molar refractivity (Wildman–Crippen MR) is 72.2 cm³/mol. The average Bonchev–Trinajstić information content (AvgIpc) is 2.72. The van der Waals surface area contributed by atoms with Gasteiger partial charge in [-0.25, -0.2) is 4.39 Å². The number of fused-ring (bicyclic) bond motifs is 1. The molecule has 18 heavy (non-hydrogen) atoms. The van der Waals surface area contributed by atoms with Gasteiger partial charge in [-0.1, -0.05) is 6.07 Å². The van der Waals surface area contributed by atoms with E-state index in [1.54, 1.807) is 12.1 Å². The minimum Gasteiger partial charge on any atom is -0.348 e. The molecule has 1 aromatic carbocycles. The molecule has 1 N–H and O–H groups in total. The Morgan fingerprint density at radius 2 is 2.33 bits per heavy atom. The molecular weight excluding hydrogens is 249 g/mol. The van der Waals surface area contributed by atoms with E-state index in [1.165, 1.54) is 23.5 Å². The summed E-state index contributed by atoms with van der Waals surface area (Å²) in [6.07, 6.45) is 5.67. The largest absolute Gasteiger partial charge is 0.348 e. The zero-order valence-corrected chi connectivity index (χ0v) is 10.7. The third kappa shape index (κ3) is 2.69. The van der Waals surface area contributed by atoms with Crippen LogP contribution in [-0.4, -0.2) is 11.9 Å². The molecule has 0 radical (unpaired) electrons. The molecule has 2 aromatic rings. The molecular formula is C14H12FNOS. The number of thiophene rings is 1. The van der Waals surface area contributed by atoms with Gasteiger partial charge in [0.25, 0.3) is 5.91 Å². The van der Waals surface area contributed by atoms with Gasteiger partial charge < -0.3 is 5.32 Å². The Balaban J connectivity index is 2.21. The van der Waals surface area contributed by atoms with Crippen LogP contribution in [0.25, 0.3) is 10.1 Å².